The van der Waals surface area contributed by atoms with Crippen LogP contribution in [0.1, 0.15) is 11.1 Å². The summed E-state index contributed by atoms with van der Waals surface area (Å²) < 4.78 is 0. The minimum Gasteiger partial charge on any atom is -0.465 e. The highest BCUT2D eigenvalue weighted by molar-refractivity contribution is 6.30. The van der Waals surface area contributed by atoms with Crippen LogP contribution >= 0.6 is 11.6 Å². The predicted octanol–water partition coefficient (Wildman–Crippen LogP) is 3.64. The number of benzene rings is 2. The molecule has 2 rings (SSSR count). The fourth-order valence-corrected chi connectivity index (χ4v) is 2.32. The van der Waals surface area contributed by atoms with Gasteiger partial charge >= 0.3 is 6.09 Å². The second-order valence-electron chi connectivity index (χ2n) is 4.83. The molecule has 0 saturated carbocycles. The van der Waals surface area contributed by atoms with Crippen molar-refractivity contribution in [2.24, 2.45) is 0 Å². The van der Waals surface area contributed by atoms with Crippen LogP contribution in [0.2, 0.25) is 5.02 Å². The molecule has 5 heteroatoms. The van der Waals surface area contributed by atoms with E-state index in [-0.39, 0.29) is 0 Å². The first-order valence-corrected chi connectivity index (χ1v) is 6.99. The van der Waals surface area contributed by atoms with Gasteiger partial charge in [0.1, 0.15) is 0 Å². The van der Waals surface area contributed by atoms with Crippen molar-refractivity contribution in [2.75, 3.05) is 12.3 Å². The second kappa shape index (κ2) is 6.99. The fourth-order valence-electron chi connectivity index (χ4n) is 2.11. The highest BCUT2D eigenvalue weighted by atomic mass is 35.5. The van der Waals surface area contributed by atoms with Gasteiger partial charge in [-0.2, -0.15) is 0 Å². The molecule has 0 saturated heterocycles. The number of carboxylic acid groups (broad SMARTS) is 1. The lowest BCUT2D eigenvalue weighted by molar-refractivity contribution is 0.143. The average Bonchev–Trinajstić information content (AvgIpc) is 2.43. The summed E-state index contributed by atoms with van der Waals surface area (Å²) in [6, 6.07) is 14.7. The molecular weight excluding hydrogens is 288 g/mol. The summed E-state index contributed by atoms with van der Waals surface area (Å²) in [6.07, 6.45) is -0.325. The maximum absolute atomic E-state index is 11.3. The van der Waals surface area contributed by atoms with E-state index >= 15 is 0 Å². The van der Waals surface area contributed by atoms with Crippen LogP contribution in [0.4, 0.5) is 10.5 Å². The lowest BCUT2D eigenvalue weighted by atomic mass is 10.1. The maximum Gasteiger partial charge on any atom is 0.407 e. The Morgan fingerprint density at radius 2 is 1.86 bits per heavy atom. The zero-order valence-corrected chi connectivity index (χ0v) is 12.3. The Hall–Kier alpha value is -2.20. The first-order valence-electron chi connectivity index (χ1n) is 6.61. The molecule has 2 aromatic rings. The zero-order valence-electron chi connectivity index (χ0n) is 11.5. The number of carbonyl (C=O) groups is 1. The summed E-state index contributed by atoms with van der Waals surface area (Å²) in [5.74, 6) is 0. The molecule has 0 bridgehead atoms. The largest absolute Gasteiger partial charge is 0.465 e. The van der Waals surface area contributed by atoms with Crippen molar-refractivity contribution >= 4 is 23.4 Å². The highest BCUT2D eigenvalue weighted by Gasteiger charge is 2.12. The molecule has 0 unspecified atom stereocenters. The van der Waals surface area contributed by atoms with Gasteiger partial charge in [-0.15, -0.1) is 0 Å². The van der Waals surface area contributed by atoms with Gasteiger partial charge in [-0.05, 0) is 41.8 Å². The Balaban J connectivity index is 2.01. The molecule has 1 amide bonds. The lowest BCUT2D eigenvalue weighted by Crippen LogP contribution is -2.31. The molecule has 0 spiro atoms. The average molecular weight is 305 g/mol. The van der Waals surface area contributed by atoms with Crippen LogP contribution in [0.5, 0.6) is 0 Å². The third-order valence-electron chi connectivity index (χ3n) is 3.15. The fraction of sp³-hybridized carbons (Fsp3) is 0.188. The van der Waals surface area contributed by atoms with Gasteiger partial charge < -0.3 is 15.7 Å². The Kier molecular flexibility index (Phi) is 5.06. The van der Waals surface area contributed by atoms with Gasteiger partial charge in [0.25, 0.3) is 0 Å². The zero-order chi connectivity index (χ0) is 15.2. The van der Waals surface area contributed by atoms with Crippen molar-refractivity contribution in [1.29, 1.82) is 0 Å². The molecule has 4 nitrogen and oxygen atoms in total. The number of hydrogen-bond donors (Lipinski definition) is 2. The number of amides is 1. The topological polar surface area (TPSA) is 66.6 Å². The van der Waals surface area contributed by atoms with Gasteiger partial charge in [0, 0.05) is 23.8 Å². The first-order chi connectivity index (χ1) is 10.0. The van der Waals surface area contributed by atoms with Gasteiger partial charge in [0.05, 0.1) is 0 Å². The molecule has 2 aromatic carbocycles. The standard InChI is InChI=1S/C16H17ClN2O2/c17-14-5-1-3-12(9-14)7-8-19(16(20)21)11-13-4-2-6-15(18)10-13/h1-6,9-10H,7-8,11,18H2,(H,20,21). The molecular formula is C16H17ClN2O2. The predicted molar refractivity (Wildman–Crippen MR) is 84.4 cm³/mol. The third-order valence-corrected chi connectivity index (χ3v) is 3.39. The van der Waals surface area contributed by atoms with E-state index in [0.717, 1.165) is 11.1 Å². The number of halogens is 1. The molecule has 0 radical (unpaired) electrons. The summed E-state index contributed by atoms with van der Waals surface area (Å²) in [7, 11) is 0. The molecule has 110 valence electrons. The number of rotatable bonds is 5. The summed E-state index contributed by atoms with van der Waals surface area (Å²) in [6.45, 7) is 0.728. The molecule has 3 N–H and O–H groups in total. The van der Waals surface area contributed by atoms with Crippen LogP contribution in [0.15, 0.2) is 48.5 Å². The Bertz CT molecular complexity index is 631. The van der Waals surface area contributed by atoms with Crippen molar-refractivity contribution in [2.45, 2.75) is 13.0 Å². The molecule has 0 heterocycles. The van der Waals surface area contributed by atoms with E-state index < -0.39 is 6.09 Å². The summed E-state index contributed by atoms with van der Waals surface area (Å²) >= 11 is 5.93. The Morgan fingerprint density at radius 1 is 1.14 bits per heavy atom. The van der Waals surface area contributed by atoms with Crippen LogP contribution in [-0.2, 0) is 13.0 Å². The number of nitrogen functional groups attached to an aromatic ring is 1. The molecule has 0 fully saturated rings. The van der Waals surface area contributed by atoms with Gasteiger partial charge in [-0.1, -0.05) is 35.9 Å². The lowest BCUT2D eigenvalue weighted by Gasteiger charge is -2.19. The smallest absolute Gasteiger partial charge is 0.407 e. The monoisotopic (exact) mass is 304 g/mol. The SMILES string of the molecule is Nc1cccc(CN(CCc2cccc(Cl)c2)C(=O)O)c1. The third kappa shape index (κ3) is 4.68. The number of nitrogens with zero attached hydrogens (tertiary/aromatic N) is 1. The summed E-state index contributed by atoms with van der Waals surface area (Å²) in [5.41, 5.74) is 8.24. The second-order valence-corrected chi connectivity index (χ2v) is 5.27. The van der Waals surface area contributed by atoms with E-state index in [4.69, 9.17) is 17.3 Å². The van der Waals surface area contributed by atoms with Crippen LogP contribution < -0.4 is 5.73 Å². The molecule has 0 atom stereocenters. The molecule has 0 aromatic heterocycles. The van der Waals surface area contributed by atoms with Crippen LogP contribution in [0.25, 0.3) is 0 Å². The minimum absolute atomic E-state index is 0.320. The number of nitrogens with two attached hydrogens (primary N) is 1. The Labute approximate surface area is 128 Å². The molecule has 21 heavy (non-hydrogen) atoms. The van der Waals surface area contributed by atoms with Crippen molar-refractivity contribution in [3.05, 3.63) is 64.7 Å². The van der Waals surface area contributed by atoms with E-state index in [1.165, 1.54) is 4.90 Å². The van der Waals surface area contributed by atoms with Gasteiger partial charge in [0.15, 0.2) is 0 Å². The van der Waals surface area contributed by atoms with Crippen molar-refractivity contribution in [3.63, 3.8) is 0 Å². The molecule has 0 aliphatic rings. The van der Waals surface area contributed by atoms with Crippen LogP contribution in [0.3, 0.4) is 0 Å². The van der Waals surface area contributed by atoms with Crippen molar-refractivity contribution in [1.82, 2.24) is 4.90 Å². The van der Waals surface area contributed by atoms with Gasteiger partial charge in [-0.25, -0.2) is 4.79 Å². The Morgan fingerprint density at radius 3 is 2.52 bits per heavy atom. The van der Waals surface area contributed by atoms with E-state index in [9.17, 15) is 9.90 Å². The van der Waals surface area contributed by atoms with Gasteiger partial charge in [-0.3, -0.25) is 0 Å². The number of anilines is 1. The first kappa shape index (κ1) is 15.2. The molecule has 0 aliphatic heterocycles. The van der Waals surface area contributed by atoms with Crippen molar-refractivity contribution < 1.29 is 9.90 Å². The number of hydrogen-bond acceptors (Lipinski definition) is 2. The maximum atomic E-state index is 11.3. The van der Waals surface area contributed by atoms with Crippen molar-refractivity contribution in [3.8, 4) is 0 Å². The summed E-state index contributed by atoms with van der Waals surface area (Å²) in [4.78, 5) is 12.7. The quantitative estimate of drug-likeness (QED) is 0.829. The minimum atomic E-state index is -0.945. The summed E-state index contributed by atoms with van der Waals surface area (Å²) in [5, 5.41) is 9.96. The van der Waals surface area contributed by atoms with E-state index in [1.807, 2.05) is 30.3 Å². The normalized spacial score (nSPS) is 10.3. The van der Waals surface area contributed by atoms with Gasteiger partial charge in [0.2, 0.25) is 0 Å². The van der Waals surface area contributed by atoms with E-state index in [0.29, 0.717) is 30.2 Å². The molecule has 0 aliphatic carbocycles. The van der Waals surface area contributed by atoms with E-state index in [1.54, 1.807) is 18.2 Å². The van der Waals surface area contributed by atoms with Crippen LogP contribution in [0, 0.1) is 0 Å². The van der Waals surface area contributed by atoms with E-state index in [2.05, 4.69) is 0 Å². The van der Waals surface area contributed by atoms with Crippen LogP contribution in [-0.4, -0.2) is 22.6 Å². The highest BCUT2D eigenvalue weighted by Crippen LogP contribution is 2.13.